The molecule has 0 spiro atoms. The van der Waals surface area contributed by atoms with Crippen molar-refractivity contribution in [3.63, 3.8) is 0 Å². The molecule has 0 aliphatic rings. The van der Waals surface area contributed by atoms with E-state index in [1.807, 2.05) is 0 Å². The number of nitrogens with zero attached hydrogens (tertiary/aromatic N) is 2. The van der Waals surface area contributed by atoms with Crippen LogP contribution >= 0.6 is 11.3 Å². The zero-order chi connectivity index (χ0) is 18.1. The summed E-state index contributed by atoms with van der Waals surface area (Å²) in [4.78, 5) is 41.6. The van der Waals surface area contributed by atoms with E-state index in [4.69, 9.17) is 4.74 Å². The Hall–Kier alpha value is -2.87. The molecular weight excluding hydrogens is 347 g/mol. The molecule has 0 aliphatic carbocycles. The number of aryl methyl sites for hydroxylation is 1. The van der Waals surface area contributed by atoms with E-state index in [2.05, 4.69) is 4.98 Å². The highest BCUT2D eigenvalue weighted by atomic mass is 32.1. The van der Waals surface area contributed by atoms with Gasteiger partial charge < -0.3 is 4.74 Å². The second-order valence-corrected chi connectivity index (χ2v) is 6.33. The summed E-state index contributed by atoms with van der Waals surface area (Å²) >= 11 is 1.07. The summed E-state index contributed by atoms with van der Waals surface area (Å²) in [5, 5.41) is 0.291. The SMILES string of the molecule is COC(=O)c1sc2ncn(CC(=O)c3ccc(F)cc3)c(=O)c2c1C. The second kappa shape index (κ2) is 6.56. The summed E-state index contributed by atoms with van der Waals surface area (Å²) < 4.78 is 18.8. The number of benzene rings is 1. The standard InChI is InChI=1S/C17H13FN2O4S/c1-9-13-15(25-14(9)17(23)24-2)19-8-20(16(13)22)7-12(21)10-3-5-11(18)6-4-10/h3-6,8H,7H2,1-2H3. The minimum absolute atomic E-state index is 0.226. The Morgan fingerprint density at radius 2 is 1.96 bits per heavy atom. The maximum Gasteiger partial charge on any atom is 0.348 e. The third kappa shape index (κ3) is 3.08. The van der Waals surface area contributed by atoms with Gasteiger partial charge in [0.1, 0.15) is 15.5 Å². The highest BCUT2D eigenvalue weighted by Crippen LogP contribution is 2.27. The Balaban J connectivity index is 2.00. The third-order valence-electron chi connectivity index (χ3n) is 3.77. The van der Waals surface area contributed by atoms with Crippen molar-refractivity contribution < 1.29 is 18.7 Å². The molecule has 128 valence electrons. The summed E-state index contributed by atoms with van der Waals surface area (Å²) in [7, 11) is 1.26. The summed E-state index contributed by atoms with van der Waals surface area (Å²) in [6.45, 7) is 1.41. The van der Waals surface area contributed by atoms with Crippen LogP contribution in [0.2, 0.25) is 0 Å². The number of thiophene rings is 1. The minimum Gasteiger partial charge on any atom is -0.465 e. The van der Waals surface area contributed by atoms with Gasteiger partial charge in [0.25, 0.3) is 5.56 Å². The van der Waals surface area contributed by atoms with Gasteiger partial charge in [-0.15, -0.1) is 11.3 Å². The van der Waals surface area contributed by atoms with Crippen molar-refractivity contribution >= 4 is 33.3 Å². The van der Waals surface area contributed by atoms with Crippen LogP contribution in [0.15, 0.2) is 35.4 Å². The van der Waals surface area contributed by atoms with Gasteiger partial charge in [-0.1, -0.05) is 0 Å². The molecular formula is C17H13FN2O4S. The molecule has 2 aromatic heterocycles. The molecule has 3 rings (SSSR count). The number of ketones is 1. The number of aromatic nitrogens is 2. The number of ether oxygens (including phenoxy) is 1. The fourth-order valence-corrected chi connectivity index (χ4v) is 3.50. The van der Waals surface area contributed by atoms with E-state index in [1.165, 1.54) is 42.3 Å². The fourth-order valence-electron chi connectivity index (χ4n) is 2.44. The summed E-state index contributed by atoms with van der Waals surface area (Å²) in [5.41, 5.74) is 0.364. The van der Waals surface area contributed by atoms with Crippen LogP contribution in [0, 0.1) is 12.7 Å². The summed E-state index contributed by atoms with van der Waals surface area (Å²) in [6, 6.07) is 5.09. The molecule has 0 saturated heterocycles. The van der Waals surface area contributed by atoms with E-state index in [0.29, 0.717) is 26.2 Å². The van der Waals surface area contributed by atoms with Crippen LogP contribution in [0.1, 0.15) is 25.6 Å². The first-order valence-electron chi connectivity index (χ1n) is 7.28. The smallest absolute Gasteiger partial charge is 0.348 e. The Labute approximate surface area is 145 Å². The maximum atomic E-state index is 12.9. The van der Waals surface area contributed by atoms with Crippen LogP contribution in [0.4, 0.5) is 4.39 Å². The molecule has 2 heterocycles. The number of hydrogen-bond donors (Lipinski definition) is 0. The van der Waals surface area contributed by atoms with E-state index >= 15 is 0 Å². The average Bonchev–Trinajstić information content (AvgIpc) is 2.94. The van der Waals surface area contributed by atoms with Crippen molar-refractivity contribution in [1.82, 2.24) is 9.55 Å². The largest absolute Gasteiger partial charge is 0.465 e. The zero-order valence-corrected chi connectivity index (χ0v) is 14.2. The number of rotatable bonds is 4. The van der Waals surface area contributed by atoms with E-state index in [1.54, 1.807) is 6.92 Å². The number of Topliss-reactive ketones (excluding diaryl/α,β-unsaturated/α-hetero) is 1. The number of fused-ring (bicyclic) bond motifs is 1. The zero-order valence-electron chi connectivity index (χ0n) is 13.4. The van der Waals surface area contributed by atoms with Gasteiger partial charge in [-0.25, -0.2) is 14.2 Å². The van der Waals surface area contributed by atoms with Gasteiger partial charge in [-0.05, 0) is 36.8 Å². The van der Waals surface area contributed by atoms with Gasteiger partial charge in [0, 0.05) is 5.56 Å². The summed E-state index contributed by atoms with van der Waals surface area (Å²) in [5.74, 6) is -1.32. The average molecular weight is 360 g/mol. The predicted molar refractivity (Wildman–Crippen MR) is 90.7 cm³/mol. The molecule has 3 aromatic rings. The van der Waals surface area contributed by atoms with Gasteiger partial charge in [0.15, 0.2) is 5.78 Å². The van der Waals surface area contributed by atoms with Crippen LogP contribution in [-0.4, -0.2) is 28.4 Å². The molecule has 0 fully saturated rings. The van der Waals surface area contributed by atoms with Gasteiger partial charge in [-0.3, -0.25) is 14.2 Å². The maximum absolute atomic E-state index is 12.9. The van der Waals surface area contributed by atoms with E-state index in [9.17, 15) is 18.8 Å². The molecule has 0 unspecified atom stereocenters. The summed E-state index contributed by atoms with van der Waals surface area (Å²) in [6.07, 6.45) is 1.27. The van der Waals surface area contributed by atoms with Crippen molar-refractivity contribution in [3.8, 4) is 0 Å². The minimum atomic E-state index is -0.533. The number of carbonyl (C=O) groups is 2. The van der Waals surface area contributed by atoms with Crippen LogP contribution in [-0.2, 0) is 11.3 Å². The monoisotopic (exact) mass is 360 g/mol. The Morgan fingerprint density at radius 3 is 2.60 bits per heavy atom. The van der Waals surface area contributed by atoms with Crippen molar-refractivity contribution in [2.45, 2.75) is 13.5 Å². The lowest BCUT2D eigenvalue weighted by atomic mass is 10.1. The number of hydrogen-bond acceptors (Lipinski definition) is 6. The molecule has 25 heavy (non-hydrogen) atoms. The molecule has 0 saturated carbocycles. The lowest BCUT2D eigenvalue weighted by Crippen LogP contribution is -2.24. The van der Waals surface area contributed by atoms with Crippen LogP contribution in [0.25, 0.3) is 10.2 Å². The molecule has 8 heteroatoms. The Bertz CT molecular complexity index is 1040. The predicted octanol–water partition coefficient (Wildman–Crippen LogP) is 2.58. The molecule has 0 aliphatic heterocycles. The van der Waals surface area contributed by atoms with Crippen molar-refractivity contribution in [1.29, 1.82) is 0 Å². The van der Waals surface area contributed by atoms with Crippen LogP contribution in [0.3, 0.4) is 0 Å². The van der Waals surface area contributed by atoms with Crippen molar-refractivity contribution in [2.75, 3.05) is 7.11 Å². The Morgan fingerprint density at radius 1 is 1.28 bits per heavy atom. The molecule has 0 radical (unpaired) electrons. The van der Waals surface area contributed by atoms with Gasteiger partial charge in [0.2, 0.25) is 0 Å². The molecule has 0 N–H and O–H groups in total. The highest BCUT2D eigenvalue weighted by Gasteiger charge is 2.20. The first-order valence-corrected chi connectivity index (χ1v) is 8.09. The fraction of sp³-hybridized carbons (Fsp3) is 0.176. The Kier molecular flexibility index (Phi) is 4.45. The van der Waals surface area contributed by atoms with Crippen LogP contribution < -0.4 is 5.56 Å². The first kappa shape index (κ1) is 17.0. The van der Waals surface area contributed by atoms with Gasteiger partial charge >= 0.3 is 5.97 Å². The molecule has 0 amide bonds. The first-order chi connectivity index (χ1) is 11.9. The van der Waals surface area contributed by atoms with Gasteiger partial charge in [-0.2, -0.15) is 0 Å². The lowest BCUT2D eigenvalue weighted by molar-refractivity contribution is 0.0605. The van der Waals surface area contributed by atoms with Crippen molar-refractivity contribution in [3.05, 3.63) is 62.8 Å². The second-order valence-electron chi connectivity index (χ2n) is 5.34. The van der Waals surface area contributed by atoms with E-state index < -0.39 is 17.3 Å². The van der Waals surface area contributed by atoms with Crippen LogP contribution in [0.5, 0.6) is 0 Å². The normalized spacial score (nSPS) is 10.8. The molecule has 0 bridgehead atoms. The quantitative estimate of drug-likeness (QED) is 0.528. The molecule has 0 atom stereocenters. The third-order valence-corrected chi connectivity index (χ3v) is 4.95. The number of methoxy groups -OCH3 is 1. The van der Waals surface area contributed by atoms with E-state index in [0.717, 1.165) is 11.3 Å². The molecule has 6 nitrogen and oxygen atoms in total. The van der Waals surface area contributed by atoms with Gasteiger partial charge in [0.05, 0.1) is 25.4 Å². The van der Waals surface area contributed by atoms with E-state index in [-0.39, 0.29) is 12.3 Å². The number of halogens is 1. The molecule has 1 aromatic carbocycles. The number of esters is 1. The lowest BCUT2D eigenvalue weighted by Gasteiger charge is -2.05. The highest BCUT2D eigenvalue weighted by molar-refractivity contribution is 7.20. The number of carbonyl (C=O) groups excluding carboxylic acids is 2. The van der Waals surface area contributed by atoms with Crippen molar-refractivity contribution in [2.24, 2.45) is 0 Å². The topological polar surface area (TPSA) is 78.3 Å².